The third-order valence-corrected chi connectivity index (χ3v) is 2.69. The highest BCUT2D eigenvalue weighted by Crippen LogP contribution is 2.24. The molecule has 0 spiro atoms. The summed E-state index contributed by atoms with van der Waals surface area (Å²) < 4.78 is 10.1. The Morgan fingerprint density at radius 2 is 1.89 bits per heavy atom. The van der Waals surface area contributed by atoms with Crippen molar-refractivity contribution in [2.24, 2.45) is 0 Å². The van der Waals surface area contributed by atoms with Gasteiger partial charge in [0.1, 0.15) is 11.6 Å². The number of aryl methyl sites for hydroxylation is 1. The second-order valence-electron chi connectivity index (χ2n) is 3.73. The normalized spacial score (nSPS) is 10.1. The summed E-state index contributed by atoms with van der Waals surface area (Å²) in [6.45, 7) is 1.90. The van der Waals surface area contributed by atoms with Gasteiger partial charge < -0.3 is 14.8 Å². The van der Waals surface area contributed by atoms with Crippen molar-refractivity contribution in [2.75, 3.05) is 19.5 Å². The monoisotopic (exact) mass is 278 g/mol. The number of methoxy groups -OCH3 is 2. The summed E-state index contributed by atoms with van der Waals surface area (Å²) in [7, 11) is 3.02. The van der Waals surface area contributed by atoms with Crippen LogP contribution in [0.5, 0.6) is 11.9 Å². The number of thiol groups is 1. The van der Waals surface area contributed by atoms with E-state index in [1.165, 1.54) is 14.2 Å². The first-order valence-electron chi connectivity index (χ1n) is 5.53. The van der Waals surface area contributed by atoms with Crippen molar-refractivity contribution in [3.8, 4) is 11.9 Å². The molecule has 0 saturated heterocycles. The summed E-state index contributed by atoms with van der Waals surface area (Å²) in [6.07, 6.45) is 0. The Kier molecular flexibility index (Phi) is 4.06. The average molecular weight is 278 g/mol. The van der Waals surface area contributed by atoms with E-state index in [2.05, 4.69) is 32.9 Å². The average Bonchev–Trinajstić information content (AvgIpc) is 2.42. The minimum Gasteiger partial charge on any atom is -0.481 e. The van der Waals surface area contributed by atoms with Gasteiger partial charge in [-0.1, -0.05) is 0 Å². The molecule has 0 fully saturated rings. The van der Waals surface area contributed by atoms with E-state index in [0.717, 1.165) is 10.6 Å². The Morgan fingerprint density at radius 3 is 2.58 bits per heavy atom. The first-order valence-corrected chi connectivity index (χ1v) is 5.98. The molecule has 2 aromatic rings. The zero-order valence-corrected chi connectivity index (χ0v) is 11.7. The van der Waals surface area contributed by atoms with Crippen LogP contribution in [0.25, 0.3) is 0 Å². The molecular formula is C12H14N4O2S. The lowest BCUT2D eigenvalue weighted by Crippen LogP contribution is -2.02. The molecular weight excluding hydrogens is 264 g/mol. The van der Waals surface area contributed by atoms with Crippen LogP contribution in [-0.4, -0.2) is 29.2 Å². The minimum atomic E-state index is 0.218. The summed E-state index contributed by atoms with van der Waals surface area (Å²) in [5.74, 6) is 1.55. The number of rotatable bonds is 4. The van der Waals surface area contributed by atoms with E-state index in [0.29, 0.717) is 17.5 Å². The molecule has 2 aromatic heterocycles. The molecule has 0 saturated carbocycles. The van der Waals surface area contributed by atoms with E-state index in [1.54, 1.807) is 6.07 Å². The number of ether oxygens (including phenoxy) is 2. The zero-order valence-electron chi connectivity index (χ0n) is 10.8. The molecule has 7 heteroatoms. The van der Waals surface area contributed by atoms with Gasteiger partial charge in [-0.15, -0.1) is 12.6 Å². The predicted molar refractivity (Wildman–Crippen MR) is 74.6 cm³/mol. The van der Waals surface area contributed by atoms with Crippen molar-refractivity contribution in [3.05, 3.63) is 23.9 Å². The van der Waals surface area contributed by atoms with Crippen molar-refractivity contribution in [1.82, 2.24) is 15.0 Å². The van der Waals surface area contributed by atoms with Crippen LogP contribution < -0.4 is 14.8 Å². The molecule has 19 heavy (non-hydrogen) atoms. The summed E-state index contributed by atoms with van der Waals surface area (Å²) in [5, 5.41) is 3.06. The SMILES string of the molecule is COc1cc(Nc2nc(C)ccc2S)nc(OC)n1. The molecule has 0 unspecified atom stereocenters. The lowest BCUT2D eigenvalue weighted by Gasteiger charge is -2.10. The molecule has 2 heterocycles. The molecule has 0 radical (unpaired) electrons. The van der Waals surface area contributed by atoms with Crippen LogP contribution in [0, 0.1) is 6.92 Å². The summed E-state index contributed by atoms with van der Waals surface area (Å²) >= 11 is 4.34. The molecule has 100 valence electrons. The van der Waals surface area contributed by atoms with Gasteiger partial charge in [0.05, 0.1) is 14.2 Å². The fourth-order valence-electron chi connectivity index (χ4n) is 1.43. The van der Waals surface area contributed by atoms with E-state index in [-0.39, 0.29) is 6.01 Å². The number of aromatic nitrogens is 3. The number of hydrogen-bond donors (Lipinski definition) is 2. The van der Waals surface area contributed by atoms with Crippen molar-refractivity contribution >= 4 is 24.3 Å². The van der Waals surface area contributed by atoms with Gasteiger partial charge in [0.15, 0.2) is 0 Å². The molecule has 0 atom stereocenters. The predicted octanol–water partition coefficient (Wildman–Crippen LogP) is 2.23. The lowest BCUT2D eigenvalue weighted by atomic mass is 10.3. The van der Waals surface area contributed by atoms with Crippen LogP contribution in [0.2, 0.25) is 0 Å². The number of pyridine rings is 1. The molecule has 1 N–H and O–H groups in total. The summed E-state index contributed by atoms with van der Waals surface area (Å²) in [4.78, 5) is 13.3. The number of anilines is 2. The highest BCUT2D eigenvalue weighted by atomic mass is 32.1. The van der Waals surface area contributed by atoms with E-state index in [1.807, 2.05) is 19.1 Å². The van der Waals surface area contributed by atoms with Crippen LogP contribution >= 0.6 is 12.6 Å². The zero-order chi connectivity index (χ0) is 13.8. The Morgan fingerprint density at radius 1 is 1.11 bits per heavy atom. The molecule has 0 aliphatic heterocycles. The van der Waals surface area contributed by atoms with Gasteiger partial charge in [-0.2, -0.15) is 9.97 Å². The molecule has 0 aliphatic carbocycles. The maximum absolute atomic E-state index is 5.08. The second kappa shape index (κ2) is 5.75. The van der Waals surface area contributed by atoms with Crippen LogP contribution in [0.3, 0.4) is 0 Å². The number of nitrogens with zero attached hydrogens (tertiary/aromatic N) is 3. The second-order valence-corrected chi connectivity index (χ2v) is 4.21. The van der Waals surface area contributed by atoms with Crippen LogP contribution in [0.15, 0.2) is 23.1 Å². The Balaban J connectivity index is 2.34. The largest absolute Gasteiger partial charge is 0.481 e. The van der Waals surface area contributed by atoms with Crippen LogP contribution in [-0.2, 0) is 0 Å². The first-order chi connectivity index (χ1) is 9.12. The maximum Gasteiger partial charge on any atom is 0.321 e. The first kappa shape index (κ1) is 13.4. The van der Waals surface area contributed by atoms with E-state index >= 15 is 0 Å². The highest BCUT2D eigenvalue weighted by molar-refractivity contribution is 7.80. The van der Waals surface area contributed by atoms with Gasteiger partial charge in [0.25, 0.3) is 0 Å². The molecule has 0 amide bonds. The third-order valence-electron chi connectivity index (χ3n) is 2.33. The van der Waals surface area contributed by atoms with Crippen molar-refractivity contribution < 1.29 is 9.47 Å². The standard InChI is InChI=1S/C12H14N4O2S/c1-7-4-5-8(19)11(13-7)14-9-6-10(17-2)16-12(15-9)18-3/h4-6,19H,1-3H3,(H,13,14,15,16). The van der Waals surface area contributed by atoms with Crippen LogP contribution in [0.4, 0.5) is 11.6 Å². The topological polar surface area (TPSA) is 69.2 Å². The molecule has 0 aliphatic rings. The van der Waals surface area contributed by atoms with Crippen molar-refractivity contribution in [3.63, 3.8) is 0 Å². The molecule has 0 bridgehead atoms. The van der Waals surface area contributed by atoms with Crippen molar-refractivity contribution in [1.29, 1.82) is 0 Å². The van der Waals surface area contributed by atoms with Crippen molar-refractivity contribution in [2.45, 2.75) is 11.8 Å². The summed E-state index contributed by atoms with van der Waals surface area (Å²) in [6, 6.07) is 5.62. The highest BCUT2D eigenvalue weighted by Gasteiger charge is 2.08. The molecule has 6 nitrogen and oxygen atoms in total. The van der Waals surface area contributed by atoms with Gasteiger partial charge >= 0.3 is 6.01 Å². The van der Waals surface area contributed by atoms with E-state index in [4.69, 9.17) is 9.47 Å². The number of hydrogen-bond acceptors (Lipinski definition) is 7. The Bertz CT molecular complexity index is 570. The van der Waals surface area contributed by atoms with E-state index in [9.17, 15) is 0 Å². The molecule has 2 rings (SSSR count). The molecule has 0 aromatic carbocycles. The van der Waals surface area contributed by atoms with Gasteiger partial charge in [-0.25, -0.2) is 4.98 Å². The minimum absolute atomic E-state index is 0.218. The Hall–Kier alpha value is -2.02. The lowest BCUT2D eigenvalue weighted by molar-refractivity contribution is 0.353. The maximum atomic E-state index is 5.08. The van der Waals surface area contributed by atoms with Gasteiger partial charge in [0.2, 0.25) is 5.88 Å². The fraction of sp³-hybridized carbons (Fsp3) is 0.250. The number of nitrogens with one attached hydrogen (secondary N) is 1. The Labute approximate surface area is 116 Å². The van der Waals surface area contributed by atoms with Gasteiger partial charge in [0, 0.05) is 16.7 Å². The third kappa shape index (κ3) is 3.25. The quantitative estimate of drug-likeness (QED) is 0.836. The summed E-state index contributed by atoms with van der Waals surface area (Å²) in [5.41, 5.74) is 0.883. The van der Waals surface area contributed by atoms with E-state index < -0.39 is 0 Å². The smallest absolute Gasteiger partial charge is 0.321 e. The van der Waals surface area contributed by atoms with Gasteiger partial charge in [-0.3, -0.25) is 0 Å². The fourth-order valence-corrected chi connectivity index (χ4v) is 1.61. The van der Waals surface area contributed by atoms with Crippen LogP contribution in [0.1, 0.15) is 5.69 Å². The van der Waals surface area contributed by atoms with Gasteiger partial charge in [-0.05, 0) is 19.1 Å².